The van der Waals surface area contributed by atoms with Crippen molar-refractivity contribution in [3.63, 3.8) is 0 Å². The molecule has 1 aromatic carbocycles. The summed E-state index contributed by atoms with van der Waals surface area (Å²) in [5, 5.41) is 4.34. The molecular formula is C19H24N4O2. The summed E-state index contributed by atoms with van der Waals surface area (Å²) in [5.74, 6) is 2.20. The topological polar surface area (TPSA) is 61.5 Å². The Morgan fingerprint density at radius 1 is 1.28 bits per heavy atom. The zero-order chi connectivity index (χ0) is 17.4. The van der Waals surface area contributed by atoms with Gasteiger partial charge in [-0.15, -0.1) is 0 Å². The molecule has 1 aliphatic carbocycles. The van der Waals surface area contributed by atoms with Gasteiger partial charge in [0.15, 0.2) is 5.82 Å². The van der Waals surface area contributed by atoms with Crippen LogP contribution in [0.4, 0.5) is 5.82 Å². The van der Waals surface area contributed by atoms with Gasteiger partial charge in [-0.2, -0.15) is 0 Å². The Morgan fingerprint density at radius 3 is 2.80 bits per heavy atom. The van der Waals surface area contributed by atoms with Gasteiger partial charge in [0.25, 0.3) is 5.56 Å². The number of fused-ring (bicyclic) bond motifs is 1. The van der Waals surface area contributed by atoms with Crippen molar-refractivity contribution in [2.45, 2.75) is 51.8 Å². The monoisotopic (exact) mass is 340 g/mol. The van der Waals surface area contributed by atoms with Gasteiger partial charge in [-0.25, -0.2) is 9.99 Å². The molecule has 2 aliphatic rings. The molecule has 1 N–H and O–H groups in total. The summed E-state index contributed by atoms with van der Waals surface area (Å²) in [7, 11) is 2.03. The van der Waals surface area contributed by atoms with E-state index in [4.69, 9.17) is 9.72 Å². The second-order valence-corrected chi connectivity index (χ2v) is 6.97. The van der Waals surface area contributed by atoms with Crippen LogP contribution in [0.3, 0.4) is 0 Å². The Hall–Kier alpha value is -2.34. The fraction of sp³-hybridized carbons (Fsp3) is 0.474. The molecule has 0 saturated heterocycles. The number of hydrogen-bond donors (Lipinski definition) is 1. The average molecular weight is 340 g/mol. The van der Waals surface area contributed by atoms with Gasteiger partial charge >= 0.3 is 0 Å². The van der Waals surface area contributed by atoms with Crippen LogP contribution in [0, 0.1) is 6.92 Å². The molecule has 6 heteroatoms. The molecule has 0 spiro atoms. The smallest absolute Gasteiger partial charge is 0.257 e. The molecule has 2 heterocycles. The molecule has 1 fully saturated rings. The molecular weight excluding hydrogens is 316 g/mol. The van der Waals surface area contributed by atoms with Crippen molar-refractivity contribution in [2.75, 3.05) is 12.1 Å². The fourth-order valence-electron chi connectivity index (χ4n) is 3.86. The Bertz CT molecular complexity index is 826. The number of nitrogens with zero attached hydrogens (tertiary/aromatic N) is 3. The van der Waals surface area contributed by atoms with E-state index in [0.29, 0.717) is 18.4 Å². The summed E-state index contributed by atoms with van der Waals surface area (Å²) in [6.45, 7) is 2.88. The first kappa shape index (κ1) is 16.1. The lowest BCUT2D eigenvalue weighted by molar-refractivity contribution is 0.284. The normalized spacial score (nSPS) is 17.9. The number of para-hydroxylation sites is 1. The molecule has 0 bridgehead atoms. The summed E-state index contributed by atoms with van der Waals surface area (Å²) in [4.78, 5) is 20.1. The maximum Gasteiger partial charge on any atom is 0.257 e. The first-order valence-electron chi connectivity index (χ1n) is 8.94. The standard InChI is InChI=1S/C19H24N4O2/c1-13-7-3-6-10-16(13)25-12-17-20-18-15(19(24)21-17)11-22(2)23(18)14-8-4-5-9-14/h3,6-7,10,14H,4-5,8-9,11-12H2,1-2H3,(H,20,21,24). The number of rotatable bonds is 4. The average Bonchev–Trinajstić information content (AvgIpc) is 3.21. The highest BCUT2D eigenvalue weighted by Crippen LogP contribution is 2.34. The number of anilines is 1. The summed E-state index contributed by atoms with van der Waals surface area (Å²) < 4.78 is 5.86. The van der Waals surface area contributed by atoms with Crippen LogP contribution in [0.25, 0.3) is 0 Å². The number of aryl methyl sites for hydroxylation is 1. The fourth-order valence-corrected chi connectivity index (χ4v) is 3.86. The van der Waals surface area contributed by atoms with E-state index in [9.17, 15) is 4.79 Å². The second-order valence-electron chi connectivity index (χ2n) is 6.97. The number of aromatic nitrogens is 2. The summed E-state index contributed by atoms with van der Waals surface area (Å²) in [6.07, 6.45) is 4.81. The van der Waals surface area contributed by atoms with Crippen LogP contribution in [0.2, 0.25) is 0 Å². The van der Waals surface area contributed by atoms with Crippen LogP contribution in [-0.2, 0) is 13.2 Å². The van der Waals surface area contributed by atoms with E-state index >= 15 is 0 Å². The lowest BCUT2D eigenvalue weighted by Gasteiger charge is -2.31. The SMILES string of the molecule is Cc1ccccc1OCc1nc2c(c(=O)[nH]1)CN(C)N2C1CCCC1. The number of H-pyrrole nitrogens is 1. The van der Waals surface area contributed by atoms with Gasteiger partial charge in [-0.05, 0) is 31.4 Å². The third-order valence-corrected chi connectivity index (χ3v) is 5.14. The highest BCUT2D eigenvalue weighted by molar-refractivity contribution is 5.50. The van der Waals surface area contributed by atoms with Crippen LogP contribution in [0.15, 0.2) is 29.1 Å². The molecule has 4 rings (SSSR count). The highest BCUT2D eigenvalue weighted by Gasteiger charge is 2.35. The quantitative estimate of drug-likeness (QED) is 0.927. The third kappa shape index (κ3) is 3.02. The Morgan fingerprint density at radius 2 is 2.04 bits per heavy atom. The van der Waals surface area contributed by atoms with E-state index < -0.39 is 0 Å². The summed E-state index contributed by atoms with van der Waals surface area (Å²) >= 11 is 0. The number of hydrogen-bond acceptors (Lipinski definition) is 5. The van der Waals surface area contributed by atoms with E-state index in [1.54, 1.807) is 0 Å². The lowest BCUT2D eigenvalue weighted by atomic mass is 10.2. The Balaban J connectivity index is 1.60. The van der Waals surface area contributed by atoms with Crippen molar-refractivity contribution in [1.82, 2.24) is 15.0 Å². The molecule has 0 atom stereocenters. The van der Waals surface area contributed by atoms with Crippen LogP contribution in [-0.4, -0.2) is 28.1 Å². The molecule has 2 aromatic rings. The van der Waals surface area contributed by atoms with E-state index in [0.717, 1.165) is 35.5 Å². The van der Waals surface area contributed by atoms with E-state index in [1.165, 1.54) is 12.8 Å². The predicted octanol–water partition coefficient (Wildman–Crippen LogP) is 2.77. The summed E-state index contributed by atoms with van der Waals surface area (Å²) in [5.41, 5.74) is 1.77. The molecule has 25 heavy (non-hydrogen) atoms. The van der Waals surface area contributed by atoms with Gasteiger partial charge < -0.3 is 9.72 Å². The molecule has 0 amide bonds. The maximum absolute atomic E-state index is 12.5. The van der Waals surface area contributed by atoms with Crippen molar-refractivity contribution in [3.8, 4) is 5.75 Å². The van der Waals surface area contributed by atoms with Crippen LogP contribution in [0.5, 0.6) is 5.75 Å². The van der Waals surface area contributed by atoms with Crippen LogP contribution in [0.1, 0.15) is 42.6 Å². The molecule has 0 unspecified atom stereocenters. The first-order valence-corrected chi connectivity index (χ1v) is 8.94. The Labute approximate surface area is 147 Å². The molecule has 6 nitrogen and oxygen atoms in total. The van der Waals surface area contributed by atoms with Gasteiger partial charge in [0.2, 0.25) is 0 Å². The molecule has 132 valence electrons. The number of hydrazine groups is 1. The van der Waals surface area contributed by atoms with E-state index in [2.05, 4.69) is 15.0 Å². The zero-order valence-electron chi connectivity index (χ0n) is 14.8. The lowest BCUT2D eigenvalue weighted by Crippen LogP contribution is -2.42. The number of nitrogens with one attached hydrogen (secondary N) is 1. The molecule has 1 aromatic heterocycles. The molecule has 0 radical (unpaired) electrons. The molecule has 1 saturated carbocycles. The predicted molar refractivity (Wildman–Crippen MR) is 96.6 cm³/mol. The minimum atomic E-state index is -0.0549. The number of benzene rings is 1. The van der Waals surface area contributed by atoms with Crippen molar-refractivity contribution < 1.29 is 4.74 Å². The van der Waals surface area contributed by atoms with Crippen LogP contribution >= 0.6 is 0 Å². The maximum atomic E-state index is 12.5. The largest absolute Gasteiger partial charge is 0.485 e. The van der Waals surface area contributed by atoms with Crippen molar-refractivity contribution in [2.24, 2.45) is 0 Å². The van der Waals surface area contributed by atoms with Crippen molar-refractivity contribution >= 4 is 5.82 Å². The van der Waals surface area contributed by atoms with Gasteiger partial charge in [0.05, 0.1) is 12.1 Å². The molecule has 1 aliphatic heterocycles. The van der Waals surface area contributed by atoms with E-state index in [1.807, 2.05) is 38.2 Å². The van der Waals surface area contributed by atoms with Crippen LogP contribution < -0.4 is 15.3 Å². The van der Waals surface area contributed by atoms with Gasteiger partial charge in [-0.3, -0.25) is 9.80 Å². The minimum Gasteiger partial charge on any atom is -0.485 e. The zero-order valence-corrected chi connectivity index (χ0v) is 14.8. The van der Waals surface area contributed by atoms with Crippen molar-refractivity contribution in [3.05, 3.63) is 51.6 Å². The first-order chi connectivity index (χ1) is 12.1. The van der Waals surface area contributed by atoms with Crippen molar-refractivity contribution in [1.29, 1.82) is 0 Å². The van der Waals surface area contributed by atoms with Gasteiger partial charge in [-0.1, -0.05) is 31.0 Å². The Kier molecular flexibility index (Phi) is 4.21. The van der Waals surface area contributed by atoms with E-state index in [-0.39, 0.29) is 12.2 Å². The number of aromatic amines is 1. The third-order valence-electron chi connectivity index (χ3n) is 5.14. The second kappa shape index (κ2) is 6.52. The highest BCUT2D eigenvalue weighted by atomic mass is 16.5. The summed E-state index contributed by atoms with van der Waals surface area (Å²) in [6, 6.07) is 8.31. The van der Waals surface area contributed by atoms with Gasteiger partial charge in [0.1, 0.15) is 18.2 Å². The minimum absolute atomic E-state index is 0.0549. The number of ether oxygens (including phenoxy) is 1. The van der Waals surface area contributed by atoms with Gasteiger partial charge in [0, 0.05) is 13.1 Å².